The second-order valence-electron chi connectivity index (χ2n) is 4.78. The largest absolute Gasteiger partial charge is 0.450 e. The summed E-state index contributed by atoms with van der Waals surface area (Å²) in [5.41, 5.74) is -0.184. The lowest BCUT2D eigenvalue weighted by atomic mass is 10.1. The Hall–Kier alpha value is -2.31. The van der Waals surface area contributed by atoms with Gasteiger partial charge in [0.2, 0.25) is 0 Å². The highest BCUT2D eigenvalue weighted by Gasteiger charge is 2.24. The number of ether oxygens (including phenoxy) is 1. The monoisotopic (exact) mass is 294 g/mol. The second kappa shape index (κ2) is 6.92. The van der Waals surface area contributed by atoms with Crippen molar-refractivity contribution in [1.29, 1.82) is 0 Å². The molecule has 1 aliphatic rings. The second-order valence-corrected chi connectivity index (χ2v) is 4.78. The van der Waals surface area contributed by atoms with Crippen LogP contribution in [0, 0.1) is 0 Å². The van der Waals surface area contributed by atoms with Gasteiger partial charge in [0.15, 0.2) is 0 Å². The van der Waals surface area contributed by atoms with Crippen molar-refractivity contribution in [3.8, 4) is 0 Å². The average molecular weight is 294 g/mol. The Kier molecular flexibility index (Phi) is 4.97. The quantitative estimate of drug-likeness (QED) is 0.898. The molecule has 1 aliphatic heterocycles. The number of nitrogens with zero attached hydrogens (tertiary/aromatic N) is 1. The first-order chi connectivity index (χ1) is 10.1. The maximum Gasteiger partial charge on any atom is 0.409 e. The van der Waals surface area contributed by atoms with Gasteiger partial charge in [-0.15, -0.1) is 0 Å². The maximum absolute atomic E-state index is 12.0. The van der Waals surface area contributed by atoms with Crippen molar-refractivity contribution >= 4 is 12.0 Å². The molecule has 0 spiro atoms. The first kappa shape index (κ1) is 15.1. The van der Waals surface area contributed by atoms with Crippen molar-refractivity contribution in [3.63, 3.8) is 0 Å². The Bertz CT molecular complexity index is 540. The minimum absolute atomic E-state index is 0.00453. The fraction of sp³-hybridized carbons (Fsp3) is 0.500. The minimum atomic E-state index is -0.491. The molecule has 21 heavy (non-hydrogen) atoms. The maximum atomic E-state index is 12.0. The molecule has 0 saturated carbocycles. The van der Waals surface area contributed by atoms with Gasteiger partial charge in [-0.2, -0.15) is 0 Å². The van der Waals surface area contributed by atoms with Gasteiger partial charge < -0.3 is 19.4 Å². The number of hydrogen-bond donors (Lipinski definition) is 1. The molecular formula is C14H18N2O5. The highest BCUT2D eigenvalue weighted by atomic mass is 16.6. The molecule has 0 bridgehead atoms. The zero-order chi connectivity index (χ0) is 15.2. The summed E-state index contributed by atoms with van der Waals surface area (Å²) in [5, 5.41) is 2.87. The van der Waals surface area contributed by atoms with Crippen LogP contribution in [0.2, 0.25) is 0 Å². The smallest absolute Gasteiger partial charge is 0.409 e. The molecule has 2 rings (SSSR count). The van der Waals surface area contributed by atoms with Crippen molar-refractivity contribution in [3.05, 3.63) is 34.4 Å². The molecule has 1 saturated heterocycles. The van der Waals surface area contributed by atoms with Crippen LogP contribution < -0.4 is 10.9 Å². The topological polar surface area (TPSA) is 88.9 Å². The average Bonchev–Trinajstić information content (AvgIpc) is 2.49. The van der Waals surface area contributed by atoms with Crippen LogP contribution in [0.15, 0.2) is 27.6 Å². The molecular weight excluding hydrogens is 276 g/mol. The molecule has 0 aliphatic carbocycles. The summed E-state index contributed by atoms with van der Waals surface area (Å²) >= 11 is 0. The number of piperidine rings is 1. The van der Waals surface area contributed by atoms with Gasteiger partial charge in [-0.05, 0) is 25.8 Å². The molecule has 1 aromatic heterocycles. The minimum Gasteiger partial charge on any atom is -0.450 e. The number of rotatable bonds is 3. The normalized spacial score (nSPS) is 15.6. The van der Waals surface area contributed by atoms with Crippen molar-refractivity contribution in [2.24, 2.45) is 0 Å². The van der Waals surface area contributed by atoms with E-state index < -0.39 is 5.63 Å². The third-order valence-corrected chi connectivity index (χ3v) is 3.32. The van der Waals surface area contributed by atoms with E-state index in [0.29, 0.717) is 38.1 Å². The summed E-state index contributed by atoms with van der Waals surface area (Å²) in [4.78, 5) is 36.0. The summed E-state index contributed by atoms with van der Waals surface area (Å²) in [7, 11) is 0. The molecule has 7 nitrogen and oxygen atoms in total. The Morgan fingerprint density at radius 1 is 1.38 bits per heavy atom. The van der Waals surface area contributed by atoms with Gasteiger partial charge in [0, 0.05) is 25.2 Å². The molecule has 1 N–H and O–H groups in total. The standard InChI is InChI=1S/C14H18N2O5/c1-2-20-14(19)16-7-5-11(6-8-16)15-13(18)10-3-4-12(17)21-9-10/h3-4,9,11H,2,5-8H2,1H3,(H,15,18). The molecule has 0 atom stereocenters. The van der Waals surface area contributed by atoms with Gasteiger partial charge in [0.25, 0.3) is 5.91 Å². The van der Waals surface area contributed by atoms with E-state index in [1.807, 2.05) is 0 Å². The zero-order valence-corrected chi connectivity index (χ0v) is 11.8. The van der Waals surface area contributed by atoms with Crippen molar-refractivity contribution in [2.75, 3.05) is 19.7 Å². The van der Waals surface area contributed by atoms with Gasteiger partial charge in [-0.3, -0.25) is 4.79 Å². The summed E-state index contributed by atoms with van der Waals surface area (Å²) in [6.07, 6.45) is 2.17. The van der Waals surface area contributed by atoms with E-state index in [9.17, 15) is 14.4 Å². The predicted molar refractivity (Wildman–Crippen MR) is 74.1 cm³/mol. The van der Waals surface area contributed by atoms with E-state index in [0.717, 1.165) is 6.26 Å². The van der Waals surface area contributed by atoms with E-state index in [2.05, 4.69) is 9.73 Å². The van der Waals surface area contributed by atoms with Gasteiger partial charge in [-0.25, -0.2) is 9.59 Å². The van der Waals surface area contributed by atoms with E-state index in [1.54, 1.807) is 11.8 Å². The Morgan fingerprint density at radius 3 is 2.67 bits per heavy atom. The van der Waals surface area contributed by atoms with E-state index in [1.165, 1.54) is 12.1 Å². The molecule has 0 radical (unpaired) electrons. The fourth-order valence-electron chi connectivity index (χ4n) is 2.18. The Morgan fingerprint density at radius 2 is 2.10 bits per heavy atom. The van der Waals surface area contributed by atoms with Crippen LogP contribution in [0.4, 0.5) is 4.79 Å². The van der Waals surface area contributed by atoms with Crippen LogP contribution in [0.1, 0.15) is 30.1 Å². The number of amides is 2. The molecule has 114 valence electrons. The van der Waals surface area contributed by atoms with Crippen LogP contribution in [0.5, 0.6) is 0 Å². The lowest BCUT2D eigenvalue weighted by Crippen LogP contribution is -2.46. The van der Waals surface area contributed by atoms with Crippen molar-refractivity contribution < 1.29 is 18.7 Å². The van der Waals surface area contributed by atoms with Gasteiger partial charge >= 0.3 is 11.7 Å². The molecule has 0 aromatic carbocycles. The fourth-order valence-corrected chi connectivity index (χ4v) is 2.18. The van der Waals surface area contributed by atoms with Crippen molar-refractivity contribution in [1.82, 2.24) is 10.2 Å². The molecule has 1 aromatic rings. The lowest BCUT2D eigenvalue weighted by molar-refractivity contribution is 0.0858. The summed E-state index contributed by atoms with van der Waals surface area (Å²) in [6, 6.07) is 2.63. The van der Waals surface area contributed by atoms with Gasteiger partial charge in [0.05, 0.1) is 12.2 Å². The number of hydrogen-bond acceptors (Lipinski definition) is 5. The Balaban J connectivity index is 1.83. The Labute approximate surface area is 121 Å². The van der Waals surface area contributed by atoms with Gasteiger partial charge in [-0.1, -0.05) is 0 Å². The molecule has 7 heteroatoms. The van der Waals surface area contributed by atoms with Crippen molar-refractivity contribution in [2.45, 2.75) is 25.8 Å². The highest BCUT2D eigenvalue weighted by molar-refractivity contribution is 5.93. The van der Waals surface area contributed by atoms with Crippen LogP contribution in [0.25, 0.3) is 0 Å². The molecule has 1 fully saturated rings. The van der Waals surface area contributed by atoms with E-state index >= 15 is 0 Å². The van der Waals surface area contributed by atoms with Gasteiger partial charge in [0.1, 0.15) is 6.26 Å². The van der Waals surface area contributed by atoms with Crippen LogP contribution in [-0.2, 0) is 4.74 Å². The van der Waals surface area contributed by atoms with Crippen LogP contribution in [-0.4, -0.2) is 42.6 Å². The number of nitrogens with one attached hydrogen (secondary N) is 1. The summed E-state index contributed by atoms with van der Waals surface area (Å²) in [5.74, 6) is -0.284. The first-order valence-electron chi connectivity index (χ1n) is 6.91. The van der Waals surface area contributed by atoms with Crippen LogP contribution >= 0.6 is 0 Å². The molecule has 2 heterocycles. The number of likely N-dealkylation sites (tertiary alicyclic amines) is 1. The number of carbonyl (C=O) groups is 2. The third-order valence-electron chi connectivity index (χ3n) is 3.32. The van der Waals surface area contributed by atoms with E-state index in [4.69, 9.17) is 4.74 Å². The molecule has 2 amide bonds. The number of carbonyl (C=O) groups excluding carboxylic acids is 2. The van der Waals surface area contributed by atoms with Crippen LogP contribution in [0.3, 0.4) is 0 Å². The SMILES string of the molecule is CCOC(=O)N1CCC(NC(=O)c2ccc(=O)oc2)CC1. The molecule has 0 unspecified atom stereocenters. The third kappa shape index (κ3) is 4.08. The summed E-state index contributed by atoms with van der Waals surface area (Å²) < 4.78 is 9.59. The predicted octanol–water partition coefficient (Wildman–Crippen LogP) is 0.990. The lowest BCUT2D eigenvalue weighted by Gasteiger charge is -2.31. The first-order valence-corrected chi connectivity index (χ1v) is 6.91. The zero-order valence-electron chi connectivity index (χ0n) is 11.8. The van der Waals surface area contributed by atoms with E-state index in [-0.39, 0.29) is 18.0 Å². The summed E-state index contributed by atoms with van der Waals surface area (Å²) in [6.45, 7) is 3.22. The highest BCUT2D eigenvalue weighted by Crippen LogP contribution is 2.12.